The molecule has 7 heteroatoms. The van der Waals surface area contributed by atoms with Gasteiger partial charge in [-0.25, -0.2) is 0 Å². The quantitative estimate of drug-likeness (QED) is 0.547. The van der Waals surface area contributed by atoms with Crippen LogP contribution in [0.4, 0.5) is 0 Å². The first-order chi connectivity index (χ1) is 12.8. The summed E-state index contributed by atoms with van der Waals surface area (Å²) in [5.74, 6) is 2.32. The average Bonchev–Trinajstić information content (AvgIpc) is 2.68. The van der Waals surface area contributed by atoms with Gasteiger partial charge in [0.15, 0.2) is 11.5 Å². The van der Waals surface area contributed by atoms with Crippen LogP contribution in [0.25, 0.3) is 0 Å². The molecule has 156 valence electrons. The largest absolute Gasteiger partial charge is 0.493 e. The predicted molar refractivity (Wildman–Crippen MR) is 123 cm³/mol. The molecule has 28 heavy (non-hydrogen) atoms. The molecular weight excluding hydrogens is 463 g/mol. The Morgan fingerprint density at radius 1 is 1.11 bits per heavy atom. The average molecular weight is 492 g/mol. The van der Waals surface area contributed by atoms with Gasteiger partial charge in [0.05, 0.1) is 7.11 Å². The summed E-state index contributed by atoms with van der Waals surface area (Å²) in [5, 5.41) is 7.02. The summed E-state index contributed by atoms with van der Waals surface area (Å²) in [6.45, 7) is 4.59. The minimum atomic E-state index is 0. The van der Waals surface area contributed by atoms with Gasteiger partial charge < -0.3 is 20.1 Å². The second-order valence-electron chi connectivity index (χ2n) is 6.69. The number of ether oxygens (including phenoxy) is 2. The van der Waals surface area contributed by atoms with Crippen LogP contribution in [0, 0.1) is 5.92 Å². The minimum Gasteiger partial charge on any atom is -0.493 e. The normalized spacial score (nSPS) is 13.9. The summed E-state index contributed by atoms with van der Waals surface area (Å²) in [5.41, 5.74) is 2.26. The molecule has 1 saturated heterocycles. The molecule has 4 nitrogen and oxygen atoms in total. The monoisotopic (exact) mass is 490 g/mol. The topological polar surface area (TPSA) is 42.5 Å². The smallest absolute Gasteiger partial charge is 0.166 e. The van der Waals surface area contributed by atoms with Gasteiger partial charge in [-0.3, -0.25) is 0 Å². The Morgan fingerprint density at radius 3 is 2.50 bits per heavy atom. The molecule has 0 aliphatic carbocycles. The van der Waals surface area contributed by atoms with E-state index in [-0.39, 0.29) is 24.8 Å². The SMILES string of the molecule is COc1cc(Br)cc(CNCC2CCNCC2)c1OCc1ccccc1.Cl.Cl. The molecule has 1 fully saturated rings. The van der Waals surface area contributed by atoms with Crippen molar-refractivity contribution in [2.24, 2.45) is 5.92 Å². The lowest BCUT2D eigenvalue weighted by atomic mass is 9.98. The van der Waals surface area contributed by atoms with E-state index in [1.54, 1.807) is 7.11 Å². The summed E-state index contributed by atoms with van der Waals surface area (Å²) >= 11 is 3.58. The first-order valence-electron chi connectivity index (χ1n) is 9.21. The zero-order valence-electron chi connectivity index (χ0n) is 16.1. The predicted octanol–water partition coefficient (Wildman–Crippen LogP) is 4.97. The summed E-state index contributed by atoms with van der Waals surface area (Å²) in [6, 6.07) is 14.3. The van der Waals surface area contributed by atoms with Crippen LogP contribution in [0.1, 0.15) is 24.0 Å². The Morgan fingerprint density at radius 2 is 1.82 bits per heavy atom. The summed E-state index contributed by atoms with van der Waals surface area (Å²) in [4.78, 5) is 0. The lowest BCUT2D eigenvalue weighted by Crippen LogP contribution is -2.33. The highest BCUT2D eigenvalue weighted by molar-refractivity contribution is 9.10. The number of rotatable bonds is 8. The van der Waals surface area contributed by atoms with Crippen LogP contribution in [0.2, 0.25) is 0 Å². The van der Waals surface area contributed by atoms with Gasteiger partial charge in [0.2, 0.25) is 0 Å². The van der Waals surface area contributed by atoms with Gasteiger partial charge in [-0.1, -0.05) is 46.3 Å². The third kappa shape index (κ3) is 7.45. The molecule has 0 amide bonds. The van der Waals surface area contributed by atoms with Crippen LogP contribution in [-0.4, -0.2) is 26.7 Å². The van der Waals surface area contributed by atoms with Gasteiger partial charge in [-0.2, -0.15) is 0 Å². The van der Waals surface area contributed by atoms with Crippen LogP contribution >= 0.6 is 40.7 Å². The number of hydrogen-bond acceptors (Lipinski definition) is 4. The van der Waals surface area contributed by atoms with Crippen LogP contribution in [0.15, 0.2) is 46.9 Å². The molecule has 0 spiro atoms. The van der Waals surface area contributed by atoms with E-state index >= 15 is 0 Å². The number of benzene rings is 2. The van der Waals surface area contributed by atoms with Crippen LogP contribution in [-0.2, 0) is 13.2 Å². The van der Waals surface area contributed by atoms with Gasteiger partial charge in [-0.15, -0.1) is 24.8 Å². The number of methoxy groups -OCH3 is 1. The fraction of sp³-hybridized carbons (Fsp3) is 0.429. The molecule has 0 radical (unpaired) electrons. The Hall–Kier alpha value is -0.980. The second kappa shape index (κ2) is 13.3. The molecule has 0 atom stereocenters. The molecule has 2 aromatic rings. The molecule has 0 aromatic heterocycles. The molecule has 1 heterocycles. The molecule has 0 bridgehead atoms. The molecule has 2 aromatic carbocycles. The third-order valence-corrected chi connectivity index (χ3v) is 5.21. The molecule has 3 rings (SSSR count). The van der Waals surface area contributed by atoms with E-state index in [2.05, 4.69) is 44.8 Å². The van der Waals surface area contributed by atoms with Crippen molar-refractivity contribution in [1.82, 2.24) is 10.6 Å². The highest BCUT2D eigenvalue weighted by Crippen LogP contribution is 2.35. The zero-order valence-corrected chi connectivity index (χ0v) is 19.3. The van der Waals surface area contributed by atoms with E-state index in [1.165, 1.54) is 12.8 Å². The van der Waals surface area contributed by atoms with E-state index in [9.17, 15) is 0 Å². The van der Waals surface area contributed by atoms with Gasteiger partial charge >= 0.3 is 0 Å². The van der Waals surface area contributed by atoms with Crippen molar-refractivity contribution in [2.45, 2.75) is 26.0 Å². The lowest BCUT2D eigenvalue weighted by molar-refractivity contribution is 0.279. The van der Waals surface area contributed by atoms with Crippen molar-refractivity contribution in [1.29, 1.82) is 0 Å². The van der Waals surface area contributed by atoms with Gasteiger partial charge in [0.1, 0.15) is 6.61 Å². The summed E-state index contributed by atoms with van der Waals surface area (Å²) < 4.78 is 12.7. The lowest BCUT2D eigenvalue weighted by Gasteiger charge is -2.23. The molecule has 1 aliphatic heterocycles. The van der Waals surface area contributed by atoms with E-state index in [1.807, 2.05) is 24.3 Å². The van der Waals surface area contributed by atoms with E-state index in [0.29, 0.717) is 6.61 Å². The summed E-state index contributed by atoms with van der Waals surface area (Å²) in [6.07, 6.45) is 2.48. The fourth-order valence-corrected chi connectivity index (χ4v) is 3.78. The summed E-state index contributed by atoms with van der Waals surface area (Å²) in [7, 11) is 1.68. The first-order valence-corrected chi connectivity index (χ1v) is 10.00. The van der Waals surface area contributed by atoms with Gasteiger partial charge in [0.25, 0.3) is 0 Å². The molecule has 0 saturated carbocycles. The maximum Gasteiger partial charge on any atom is 0.166 e. The standard InChI is InChI=1S/C21H27BrN2O2.2ClH/c1-25-20-12-19(22)11-18(14-24-13-16-7-9-23-10-8-16)21(20)26-15-17-5-3-2-4-6-17;;/h2-6,11-12,16,23-24H,7-10,13-15H2,1H3;2*1H. The van der Waals surface area contributed by atoms with E-state index in [0.717, 1.165) is 59.2 Å². The molecule has 1 aliphatic rings. The first kappa shape index (κ1) is 25.1. The van der Waals surface area contributed by atoms with Crippen molar-refractivity contribution >= 4 is 40.7 Å². The number of halogens is 3. The number of hydrogen-bond donors (Lipinski definition) is 2. The molecule has 2 N–H and O–H groups in total. The Bertz CT molecular complexity index is 698. The second-order valence-corrected chi connectivity index (χ2v) is 7.61. The zero-order chi connectivity index (χ0) is 18.2. The van der Waals surface area contributed by atoms with E-state index in [4.69, 9.17) is 9.47 Å². The van der Waals surface area contributed by atoms with Crippen molar-refractivity contribution in [3.05, 3.63) is 58.1 Å². The third-order valence-electron chi connectivity index (χ3n) is 4.75. The Labute approximate surface area is 188 Å². The van der Waals surface area contributed by atoms with Crippen molar-refractivity contribution in [3.8, 4) is 11.5 Å². The number of piperidine rings is 1. The van der Waals surface area contributed by atoms with Crippen molar-refractivity contribution < 1.29 is 9.47 Å². The van der Waals surface area contributed by atoms with E-state index < -0.39 is 0 Å². The minimum absolute atomic E-state index is 0. The van der Waals surface area contributed by atoms with Crippen LogP contribution < -0.4 is 20.1 Å². The maximum absolute atomic E-state index is 6.15. The highest BCUT2D eigenvalue weighted by Gasteiger charge is 2.15. The van der Waals surface area contributed by atoms with Crippen molar-refractivity contribution in [3.63, 3.8) is 0 Å². The maximum atomic E-state index is 6.15. The number of nitrogens with one attached hydrogen (secondary N) is 2. The molecular formula is C21H29BrCl2N2O2. The van der Waals surface area contributed by atoms with Crippen LogP contribution in [0.5, 0.6) is 11.5 Å². The van der Waals surface area contributed by atoms with Crippen molar-refractivity contribution in [2.75, 3.05) is 26.7 Å². The van der Waals surface area contributed by atoms with Gasteiger partial charge in [0, 0.05) is 16.6 Å². The van der Waals surface area contributed by atoms with Gasteiger partial charge in [-0.05, 0) is 56.1 Å². The molecule has 0 unspecified atom stereocenters. The fourth-order valence-electron chi connectivity index (χ4n) is 3.30. The Kier molecular flexibility index (Phi) is 11.9. The highest BCUT2D eigenvalue weighted by atomic mass is 79.9. The Balaban J connectivity index is 0.00000196. The van der Waals surface area contributed by atoms with Crippen LogP contribution in [0.3, 0.4) is 0 Å².